The molecule has 0 saturated carbocycles. The zero-order valence-corrected chi connectivity index (χ0v) is 13.5. The van der Waals surface area contributed by atoms with Crippen LogP contribution in [0.4, 0.5) is 0 Å². The second-order valence-corrected chi connectivity index (χ2v) is 6.21. The number of halogens is 1. The molecule has 0 fully saturated rings. The van der Waals surface area contributed by atoms with Gasteiger partial charge >= 0.3 is 0 Å². The number of methoxy groups -OCH3 is 1. The van der Waals surface area contributed by atoms with Crippen LogP contribution in [0, 0.1) is 29.3 Å². The first kappa shape index (κ1) is 13.4. The van der Waals surface area contributed by atoms with E-state index in [0.717, 1.165) is 16.2 Å². The van der Waals surface area contributed by atoms with Gasteiger partial charge in [0.1, 0.15) is 5.75 Å². The molecule has 3 heteroatoms. The molecule has 0 radical (unpaired) electrons. The van der Waals surface area contributed by atoms with Crippen LogP contribution in [-0.4, -0.2) is 7.11 Å². The number of hydrogen-bond donors (Lipinski definition) is 0. The molecule has 1 aromatic heterocycles. The first-order chi connectivity index (χ1) is 8.61. The van der Waals surface area contributed by atoms with Crippen molar-refractivity contribution in [2.45, 2.75) is 13.8 Å². The zero-order chi connectivity index (χ0) is 13.1. The summed E-state index contributed by atoms with van der Waals surface area (Å²) in [4.78, 5) is 2.50. The van der Waals surface area contributed by atoms with Crippen molar-refractivity contribution in [1.29, 1.82) is 0 Å². The van der Waals surface area contributed by atoms with Crippen LogP contribution in [0.15, 0.2) is 24.3 Å². The molecule has 0 N–H and O–H groups in total. The molecule has 2 aromatic rings. The molecule has 18 heavy (non-hydrogen) atoms. The van der Waals surface area contributed by atoms with E-state index in [1.807, 2.05) is 24.3 Å². The predicted octanol–water partition coefficient (Wildman–Crippen LogP) is 4.38. The lowest BCUT2D eigenvalue weighted by molar-refractivity contribution is 0.415. The van der Waals surface area contributed by atoms with Crippen molar-refractivity contribution >= 4 is 33.9 Å². The van der Waals surface area contributed by atoms with Crippen LogP contribution in [-0.2, 0) is 0 Å². The highest BCUT2D eigenvalue weighted by Gasteiger charge is 2.06. The normalized spacial score (nSPS) is 9.78. The van der Waals surface area contributed by atoms with Crippen molar-refractivity contribution in [3.63, 3.8) is 0 Å². The number of benzene rings is 1. The monoisotopic (exact) mass is 368 g/mol. The Hall–Kier alpha value is -0.990. The molecule has 0 spiro atoms. The average molecular weight is 368 g/mol. The minimum Gasteiger partial charge on any atom is -0.497 e. The standard InChI is InChI=1S/C15H13IOS/c1-10-14(18-11(2)15(10)16)9-6-12-4-7-13(17-3)8-5-12/h4-5,7-8H,1-3H3. The van der Waals surface area contributed by atoms with E-state index in [1.54, 1.807) is 18.4 Å². The van der Waals surface area contributed by atoms with Crippen molar-refractivity contribution in [2.75, 3.05) is 7.11 Å². The molecule has 92 valence electrons. The summed E-state index contributed by atoms with van der Waals surface area (Å²) in [6.07, 6.45) is 0. The molecule has 0 bridgehead atoms. The predicted molar refractivity (Wildman–Crippen MR) is 85.5 cm³/mol. The Morgan fingerprint density at radius 1 is 1.11 bits per heavy atom. The van der Waals surface area contributed by atoms with Crippen LogP contribution in [0.1, 0.15) is 20.9 Å². The Balaban J connectivity index is 2.28. The molecule has 0 saturated heterocycles. The summed E-state index contributed by atoms with van der Waals surface area (Å²) in [6, 6.07) is 7.82. The van der Waals surface area contributed by atoms with E-state index in [1.165, 1.54) is 14.0 Å². The van der Waals surface area contributed by atoms with Crippen LogP contribution >= 0.6 is 33.9 Å². The fourth-order valence-electron chi connectivity index (χ4n) is 1.56. The molecule has 0 aliphatic rings. The first-order valence-corrected chi connectivity index (χ1v) is 7.43. The lowest BCUT2D eigenvalue weighted by Gasteiger charge is -1.97. The Morgan fingerprint density at radius 2 is 1.78 bits per heavy atom. The molecule has 2 rings (SSSR count). The van der Waals surface area contributed by atoms with Gasteiger partial charge in [-0.2, -0.15) is 0 Å². The van der Waals surface area contributed by atoms with E-state index in [9.17, 15) is 0 Å². The molecule has 0 atom stereocenters. The van der Waals surface area contributed by atoms with Crippen LogP contribution in [0.25, 0.3) is 0 Å². The van der Waals surface area contributed by atoms with E-state index < -0.39 is 0 Å². The SMILES string of the molecule is COc1ccc(C#Cc2sc(C)c(I)c2C)cc1. The molecule has 1 heterocycles. The number of thiophene rings is 1. The lowest BCUT2D eigenvalue weighted by atomic mass is 10.2. The minimum absolute atomic E-state index is 0.859. The molecule has 0 aliphatic carbocycles. The summed E-state index contributed by atoms with van der Waals surface area (Å²) < 4.78 is 6.45. The zero-order valence-electron chi connectivity index (χ0n) is 10.5. The third-order valence-electron chi connectivity index (χ3n) is 2.64. The molecule has 0 unspecified atom stereocenters. The van der Waals surface area contributed by atoms with Crippen molar-refractivity contribution in [3.8, 4) is 17.6 Å². The quantitative estimate of drug-likeness (QED) is 0.536. The van der Waals surface area contributed by atoms with Gasteiger partial charge in [-0.15, -0.1) is 11.3 Å². The average Bonchev–Trinajstić information content (AvgIpc) is 2.64. The Bertz CT molecular complexity index is 614. The van der Waals surface area contributed by atoms with Crippen molar-refractivity contribution in [3.05, 3.63) is 48.7 Å². The first-order valence-electron chi connectivity index (χ1n) is 5.53. The number of rotatable bonds is 1. The summed E-state index contributed by atoms with van der Waals surface area (Å²) >= 11 is 4.14. The maximum Gasteiger partial charge on any atom is 0.118 e. The fourth-order valence-corrected chi connectivity index (χ4v) is 3.25. The minimum atomic E-state index is 0.859. The molecule has 1 aromatic carbocycles. The van der Waals surface area contributed by atoms with Gasteiger partial charge in [0.05, 0.1) is 12.0 Å². The Labute approximate surface area is 125 Å². The van der Waals surface area contributed by atoms with Gasteiger partial charge in [-0.05, 0) is 66.3 Å². The number of aryl methyl sites for hydroxylation is 1. The number of ether oxygens (including phenoxy) is 1. The summed E-state index contributed by atoms with van der Waals surface area (Å²) in [6.45, 7) is 4.27. The fraction of sp³-hybridized carbons (Fsp3) is 0.200. The van der Waals surface area contributed by atoms with Gasteiger partial charge in [-0.25, -0.2) is 0 Å². The van der Waals surface area contributed by atoms with E-state index in [4.69, 9.17) is 4.74 Å². The Morgan fingerprint density at radius 3 is 2.28 bits per heavy atom. The van der Waals surface area contributed by atoms with Gasteiger partial charge in [-0.1, -0.05) is 11.8 Å². The molecular weight excluding hydrogens is 355 g/mol. The maximum absolute atomic E-state index is 5.12. The van der Waals surface area contributed by atoms with Gasteiger partial charge in [0, 0.05) is 14.0 Å². The van der Waals surface area contributed by atoms with Crippen molar-refractivity contribution in [2.24, 2.45) is 0 Å². The second kappa shape index (κ2) is 5.77. The van der Waals surface area contributed by atoms with Gasteiger partial charge in [0.15, 0.2) is 0 Å². The third kappa shape index (κ3) is 2.88. The van der Waals surface area contributed by atoms with Crippen molar-refractivity contribution < 1.29 is 4.74 Å². The van der Waals surface area contributed by atoms with Crippen LogP contribution in [0.2, 0.25) is 0 Å². The van der Waals surface area contributed by atoms with Crippen LogP contribution in [0.3, 0.4) is 0 Å². The van der Waals surface area contributed by atoms with Crippen LogP contribution in [0.5, 0.6) is 5.75 Å². The van der Waals surface area contributed by atoms with E-state index >= 15 is 0 Å². The highest BCUT2D eigenvalue weighted by molar-refractivity contribution is 14.1. The summed E-state index contributed by atoms with van der Waals surface area (Å²) in [5.41, 5.74) is 2.30. The largest absolute Gasteiger partial charge is 0.497 e. The second-order valence-electron chi connectivity index (χ2n) is 3.90. The molecule has 1 nitrogen and oxygen atoms in total. The maximum atomic E-state index is 5.12. The van der Waals surface area contributed by atoms with Gasteiger partial charge in [0.25, 0.3) is 0 Å². The lowest BCUT2D eigenvalue weighted by Crippen LogP contribution is -1.82. The highest BCUT2D eigenvalue weighted by atomic mass is 127. The van der Waals surface area contributed by atoms with Crippen LogP contribution < -0.4 is 4.74 Å². The topological polar surface area (TPSA) is 9.23 Å². The van der Waals surface area contributed by atoms with E-state index in [0.29, 0.717) is 0 Å². The smallest absolute Gasteiger partial charge is 0.118 e. The summed E-state index contributed by atoms with van der Waals surface area (Å²) in [5.74, 6) is 7.31. The highest BCUT2D eigenvalue weighted by Crippen LogP contribution is 2.27. The molecular formula is C15H13IOS. The van der Waals surface area contributed by atoms with Gasteiger partial charge in [0.2, 0.25) is 0 Å². The summed E-state index contributed by atoms with van der Waals surface area (Å²) in [5, 5.41) is 0. The van der Waals surface area contributed by atoms with Crippen molar-refractivity contribution in [1.82, 2.24) is 0 Å². The van der Waals surface area contributed by atoms with Gasteiger partial charge < -0.3 is 4.74 Å². The third-order valence-corrected chi connectivity index (χ3v) is 5.75. The Kier molecular flexibility index (Phi) is 4.31. The number of hydrogen-bond acceptors (Lipinski definition) is 2. The van der Waals surface area contributed by atoms with E-state index in [2.05, 4.69) is 48.3 Å². The molecule has 0 amide bonds. The molecule has 0 aliphatic heterocycles. The van der Waals surface area contributed by atoms with Gasteiger partial charge in [-0.3, -0.25) is 0 Å². The van der Waals surface area contributed by atoms with E-state index in [-0.39, 0.29) is 0 Å². The summed E-state index contributed by atoms with van der Waals surface area (Å²) in [7, 11) is 1.67.